The van der Waals surface area contributed by atoms with Crippen LogP contribution in [0.4, 0.5) is 13.2 Å². The minimum absolute atomic E-state index is 0.0461. The average molecular weight is 434 g/mol. The number of guanidine groups is 1. The van der Waals surface area contributed by atoms with Gasteiger partial charge in [0, 0.05) is 37.2 Å². The molecule has 0 fully saturated rings. The molecule has 166 valence electrons. The van der Waals surface area contributed by atoms with E-state index in [-0.39, 0.29) is 11.5 Å². The molecular weight excluding hydrogens is 409 g/mol. The van der Waals surface area contributed by atoms with Crippen LogP contribution in [0.2, 0.25) is 0 Å². The van der Waals surface area contributed by atoms with Gasteiger partial charge in [0.2, 0.25) is 0 Å². The summed E-state index contributed by atoms with van der Waals surface area (Å²) in [5, 5.41) is 7.65. The number of halogens is 3. The van der Waals surface area contributed by atoms with Crippen molar-refractivity contribution in [3.05, 3.63) is 59.8 Å². The Labute approximate surface area is 178 Å². The quantitative estimate of drug-likeness (QED) is 0.370. The lowest BCUT2D eigenvalue weighted by molar-refractivity contribution is -0.153. The smallest absolute Gasteiger partial charge is 0.422 e. The van der Waals surface area contributed by atoms with Crippen molar-refractivity contribution in [2.24, 2.45) is 4.99 Å². The maximum absolute atomic E-state index is 12.4. The topological polar surface area (TPSA) is 70.7 Å². The largest absolute Gasteiger partial charge is 0.493 e. The van der Waals surface area contributed by atoms with E-state index in [1.54, 1.807) is 19.2 Å². The number of benzene rings is 2. The average Bonchev–Trinajstić information content (AvgIpc) is 3.17. The zero-order valence-electron chi connectivity index (χ0n) is 17.3. The fourth-order valence-electron chi connectivity index (χ4n) is 3.16. The Kier molecular flexibility index (Phi) is 7.28. The highest BCUT2D eigenvalue weighted by Crippen LogP contribution is 2.29. The molecule has 0 saturated heterocycles. The number of methoxy groups -OCH3 is 1. The molecule has 0 saturated carbocycles. The van der Waals surface area contributed by atoms with Gasteiger partial charge in [-0.25, -0.2) is 0 Å². The van der Waals surface area contributed by atoms with Crippen LogP contribution in [-0.4, -0.2) is 44.4 Å². The van der Waals surface area contributed by atoms with Crippen LogP contribution in [0.15, 0.2) is 53.7 Å². The molecule has 3 rings (SSSR count). The van der Waals surface area contributed by atoms with Gasteiger partial charge in [0.15, 0.2) is 24.1 Å². The van der Waals surface area contributed by atoms with Crippen LogP contribution in [0.5, 0.6) is 11.5 Å². The van der Waals surface area contributed by atoms with E-state index in [1.165, 1.54) is 24.1 Å². The number of aromatic nitrogens is 1. The van der Waals surface area contributed by atoms with Crippen LogP contribution in [0.1, 0.15) is 11.1 Å². The van der Waals surface area contributed by atoms with Crippen LogP contribution in [0.25, 0.3) is 10.9 Å². The Bertz CT molecular complexity index is 1030. The number of aromatic amines is 1. The first-order valence-electron chi connectivity index (χ1n) is 9.75. The molecule has 0 amide bonds. The van der Waals surface area contributed by atoms with Crippen LogP contribution >= 0.6 is 0 Å². The molecule has 0 aliphatic heterocycles. The molecule has 0 unspecified atom stereocenters. The first kappa shape index (κ1) is 22.3. The maximum atomic E-state index is 12.4. The second kappa shape index (κ2) is 10.1. The summed E-state index contributed by atoms with van der Waals surface area (Å²) in [5.74, 6) is 0.909. The van der Waals surface area contributed by atoms with E-state index in [9.17, 15) is 13.2 Å². The van der Waals surface area contributed by atoms with Gasteiger partial charge >= 0.3 is 6.18 Å². The number of ether oxygens (including phenoxy) is 2. The summed E-state index contributed by atoms with van der Waals surface area (Å²) in [6.07, 6.45) is -1.57. The van der Waals surface area contributed by atoms with Crippen molar-refractivity contribution in [3.8, 4) is 11.5 Å². The molecule has 1 heterocycles. The summed E-state index contributed by atoms with van der Waals surface area (Å²) in [7, 11) is 3.06. The van der Waals surface area contributed by atoms with E-state index in [0.717, 1.165) is 17.5 Å². The standard InChI is InChI=1S/C22H25F3N4O2/c1-26-21(27-10-9-16-13-28-18-6-4-3-5-17(16)18)29-12-15-7-8-19(20(11-15)30-2)31-14-22(23,24)25/h3-8,11,13,28H,9-10,12,14H2,1-2H3,(H2,26,27,29). The Hall–Kier alpha value is -3.36. The summed E-state index contributed by atoms with van der Waals surface area (Å²) in [4.78, 5) is 7.47. The van der Waals surface area contributed by atoms with Crippen LogP contribution < -0.4 is 20.1 Å². The predicted molar refractivity (Wildman–Crippen MR) is 115 cm³/mol. The van der Waals surface area contributed by atoms with Crippen LogP contribution in [-0.2, 0) is 13.0 Å². The summed E-state index contributed by atoms with van der Waals surface area (Å²) in [5.41, 5.74) is 3.14. The molecule has 0 atom stereocenters. The Balaban J connectivity index is 1.51. The number of para-hydroxylation sites is 1. The number of nitrogens with zero attached hydrogens (tertiary/aromatic N) is 1. The highest BCUT2D eigenvalue weighted by atomic mass is 19.4. The van der Waals surface area contributed by atoms with Gasteiger partial charge < -0.3 is 25.1 Å². The van der Waals surface area contributed by atoms with Crippen LogP contribution in [0, 0.1) is 0 Å². The lowest BCUT2D eigenvalue weighted by Crippen LogP contribution is -2.37. The minimum atomic E-state index is -4.41. The summed E-state index contributed by atoms with van der Waals surface area (Å²) in [6.45, 7) is -0.258. The SMILES string of the molecule is CN=C(NCCc1c[nH]c2ccccc12)NCc1ccc(OCC(F)(F)F)c(OC)c1. The normalized spacial score (nSPS) is 12.1. The number of hydrogen-bond donors (Lipinski definition) is 3. The zero-order valence-corrected chi connectivity index (χ0v) is 17.3. The summed E-state index contributed by atoms with van der Waals surface area (Å²) >= 11 is 0. The molecule has 2 aromatic carbocycles. The van der Waals surface area contributed by atoms with Gasteiger partial charge in [-0.1, -0.05) is 24.3 Å². The number of rotatable bonds is 8. The third kappa shape index (κ3) is 6.31. The summed E-state index contributed by atoms with van der Waals surface area (Å²) < 4.78 is 47.1. The van der Waals surface area contributed by atoms with Crippen molar-refractivity contribution in [3.63, 3.8) is 0 Å². The molecule has 0 radical (unpaired) electrons. The predicted octanol–water partition coefficient (Wildman–Crippen LogP) is 4.03. The lowest BCUT2D eigenvalue weighted by atomic mass is 10.1. The number of nitrogens with one attached hydrogen (secondary N) is 3. The van der Waals surface area contributed by atoms with E-state index in [0.29, 0.717) is 19.0 Å². The summed E-state index contributed by atoms with van der Waals surface area (Å²) in [6, 6.07) is 12.9. The van der Waals surface area contributed by atoms with E-state index in [4.69, 9.17) is 9.47 Å². The van der Waals surface area contributed by atoms with Gasteiger partial charge in [-0.05, 0) is 35.7 Å². The van der Waals surface area contributed by atoms with E-state index in [1.807, 2.05) is 24.4 Å². The third-order valence-electron chi connectivity index (χ3n) is 4.66. The molecule has 0 bridgehead atoms. The van der Waals surface area contributed by atoms with Gasteiger partial charge in [-0.2, -0.15) is 13.2 Å². The second-order valence-electron chi connectivity index (χ2n) is 6.85. The van der Waals surface area contributed by atoms with Gasteiger partial charge in [-0.3, -0.25) is 4.99 Å². The fourth-order valence-corrected chi connectivity index (χ4v) is 3.16. The Morgan fingerprint density at radius 2 is 1.90 bits per heavy atom. The fraction of sp³-hybridized carbons (Fsp3) is 0.318. The first-order valence-corrected chi connectivity index (χ1v) is 9.75. The Morgan fingerprint density at radius 1 is 1.10 bits per heavy atom. The van der Waals surface area contributed by atoms with Gasteiger partial charge in [0.1, 0.15) is 0 Å². The second-order valence-corrected chi connectivity index (χ2v) is 6.85. The molecule has 3 aromatic rings. The van der Waals surface area contributed by atoms with Crippen molar-refractivity contribution in [1.29, 1.82) is 0 Å². The first-order chi connectivity index (χ1) is 14.9. The maximum Gasteiger partial charge on any atom is 0.422 e. The number of fused-ring (bicyclic) bond motifs is 1. The van der Waals surface area contributed by atoms with E-state index >= 15 is 0 Å². The van der Waals surface area contributed by atoms with Gasteiger partial charge in [0.25, 0.3) is 0 Å². The van der Waals surface area contributed by atoms with Crippen molar-refractivity contribution in [2.45, 2.75) is 19.1 Å². The Morgan fingerprint density at radius 3 is 2.65 bits per heavy atom. The molecule has 0 spiro atoms. The van der Waals surface area contributed by atoms with Crippen molar-refractivity contribution < 1.29 is 22.6 Å². The third-order valence-corrected chi connectivity index (χ3v) is 4.66. The monoisotopic (exact) mass is 434 g/mol. The van der Waals surface area contributed by atoms with Crippen molar-refractivity contribution in [1.82, 2.24) is 15.6 Å². The minimum Gasteiger partial charge on any atom is -0.493 e. The number of alkyl halides is 3. The zero-order chi connectivity index (χ0) is 22.3. The number of hydrogen-bond acceptors (Lipinski definition) is 3. The molecule has 1 aromatic heterocycles. The van der Waals surface area contributed by atoms with E-state index < -0.39 is 12.8 Å². The molecule has 0 aliphatic rings. The van der Waals surface area contributed by atoms with E-state index in [2.05, 4.69) is 26.7 Å². The lowest BCUT2D eigenvalue weighted by Gasteiger charge is -2.15. The van der Waals surface area contributed by atoms with Crippen molar-refractivity contribution >= 4 is 16.9 Å². The van der Waals surface area contributed by atoms with Gasteiger partial charge in [-0.15, -0.1) is 0 Å². The molecule has 31 heavy (non-hydrogen) atoms. The highest BCUT2D eigenvalue weighted by molar-refractivity contribution is 5.83. The molecular formula is C22H25F3N4O2. The van der Waals surface area contributed by atoms with Crippen molar-refractivity contribution in [2.75, 3.05) is 27.3 Å². The molecule has 0 aliphatic carbocycles. The highest BCUT2D eigenvalue weighted by Gasteiger charge is 2.29. The number of H-pyrrole nitrogens is 1. The molecule has 9 heteroatoms. The molecule has 6 nitrogen and oxygen atoms in total. The molecule has 3 N–H and O–H groups in total. The van der Waals surface area contributed by atoms with Crippen LogP contribution in [0.3, 0.4) is 0 Å². The number of aliphatic imine (C=N–C) groups is 1. The van der Waals surface area contributed by atoms with Gasteiger partial charge in [0.05, 0.1) is 7.11 Å².